The maximum atomic E-state index is 13.3. The van der Waals surface area contributed by atoms with Crippen LogP contribution in [-0.2, 0) is 32.0 Å². The molecule has 212 valence electrons. The summed E-state index contributed by atoms with van der Waals surface area (Å²) in [5.41, 5.74) is 7.10. The number of carbonyl (C=O) groups excluding carboxylic acids is 3. The fourth-order valence-corrected chi connectivity index (χ4v) is 3.77. The molecule has 8 N–H and O–H groups in total. The minimum absolute atomic E-state index is 0.00628. The number of phenolic OH excluding ortho intramolecular Hbond substituents is 2. The first-order valence-electron chi connectivity index (χ1n) is 12.7. The standard InChI is InChI=1S/C28H38N4O7/c1-15(2)23(29)26(36)32-24(16(3)4)27(37)30-21(13-17-5-9-19(33)10-6-17)25(35)31-22(28(38)39)14-18-7-11-20(34)12-8-18/h5-12,15-16,21-24,33-34H,13-14,29H2,1-4H3,(H,30,37)(H,31,35)(H,32,36)(H,38,39). The van der Waals surface area contributed by atoms with E-state index in [-0.39, 0.29) is 36.2 Å². The molecule has 0 aliphatic carbocycles. The van der Waals surface area contributed by atoms with Gasteiger partial charge in [-0.2, -0.15) is 0 Å². The highest BCUT2D eigenvalue weighted by molar-refractivity contribution is 5.94. The minimum Gasteiger partial charge on any atom is -0.508 e. The van der Waals surface area contributed by atoms with Crippen molar-refractivity contribution in [3.8, 4) is 11.5 Å². The average Bonchev–Trinajstić information content (AvgIpc) is 2.87. The molecule has 0 saturated heterocycles. The third kappa shape index (κ3) is 9.60. The van der Waals surface area contributed by atoms with Gasteiger partial charge < -0.3 is 37.0 Å². The Hall–Kier alpha value is -4.12. The van der Waals surface area contributed by atoms with Gasteiger partial charge in [0.2, 0.25) is 17.7 Å². The van der Waals surface area contributed by atoms with E-state index in [2.05, 4.69) is 16.0 Å². The molecule has 0 heterocycles. The van der Waals surface area contributed by atoms with Crippen molar-refractivity contribution < 1.29 is 34.5 Å². The summed E-state index contributed by atoms with van der Waals surface area (Å²) in [6.07, 6.45) is -0.0628. The van der Waals surface area contributed by atoms with E-state index in [9.17, 15) is 34.5 Å². The zero-order valence-corrected chi connectivity index (χ0v) is 22.5. The van der Waals surface area contributed by atoms with Gasteiger partial charge in [0, 0.05) is 12.8 Å². The Morgan fingerprint density at radius 2 is 1.10 bits per heavy atom. The van der Waals surface area contributed by atoms with E-state index < -0.39 is 47.9 Å². The smallest absolute Gasteiger partial charge is 0.326 e. The molecule has 0 aromatic heterocycles. The predicted molar refractivity (Wildman–Crippen MR) is 145 cm³/mol. The van der Waals surface area contributed by atoms with Crippen molar-refractivity contribution in [2.24, 2.45) is 17.6 Å². The number of nitrogens with one attached hydrogen (secondary N) is 3. The summed E-state index contributed by atoms with van der Waals surface area (Å²) < 4.78 is 0. The highest BCUT2D eigenvalue weighted by atomic mass is 16.4. The number of carboxylic acid groups (broad SMARTS) is 1. The van der Waals surface area contributed by atoms with Gasteiger partial charge in [-0.3, -0.25) is 14.4 Å². The number of hydrogen-bond acceptors (Lipinski definition) is 7. The van der Waals surface area contributed by atoms with Crippen LogP contribution in [0, 0.1) is 11.8 Å². The van der Waals surface area contributed by atoms with Gasteiger partial charge in [-0.25, -0.2) is 4.79 Å². The predicted octanol–water partition coefficient (Wildman–Crippen LogP) is 1.06. The molecule has 0 aliphatic heterocycles. The first-order chi connectivity index (χ1) is 18.3. The molecule has 2 aromatic rings. The van der Waals surface area contributed by atoms with Crippen molar-refractivity contribution >= 4 is 23.7 Å². The number of rotatable bonds is 13. The molecule has 0 radical (unpaired) electrons. The molecular formula is C28H38N4O7. The summed E-state index contributed by atoms with van der Waals surface area (Å²) >= 11 is 0. The van der Waals surface area contributed by atoms with Crippen molar-refractivity contribution in [1.82, 2.24) is 16.0 Å². The Labute approximate surface area is 227 Å². The molecule has 0 saturated carbocycles. The Morgan fingerprint density at radius 3 is 1.51 bits per heavy atom. The lowest BCUT2D eigenvalue weighted by atomic mass is 9.98. The lowest BCUT2D eigenvalue weighted by molar-refractivity contribution is -0.142. The maximum Gasteiger partial charge on any atom is 0.326 e. The fourth-order valence-electron chi connectivity index (χ4n) is 3.77. The van der Waals surface area contributed by atoms with E-state index in [0.29, 0.717) is 11.1 Å². The second-order valence-electron chi connectivity index (χ2n) is 10.2. The first-order valence-corrected chi connectivity index (χ1v) is 12.7. The summed E-state index contributed by atoms with van der Waals surface area (Å²) in [5, 5.41) is 36.6. The van der Waals surface area contributed by atoms with Gasteiger partial charge in [-0.1, -0.05) is 52.0 Å². The first kappa shape index (κ1) is 31.1. The van der Waals surface area contributed by atoms with Crippen LogP contribution in [0.4, 0.5) is 0 Å². The lowest BCUT2D eigenvalue weighted by Crippen LogP contribution is -2.59. The van der Waals surface area contributed by atoms with Crippen molar-refractivity contribution in [2.45, 2.75) is 64.7 Å². The number of carboxylic acids is 1. The van der Waals surface area contributed by atoms with Crippen LogP contribution in [0.5, 0.6) is 11.5 Å². The Kier molecular flexibility index (Phi) is 11.3. The summed E-state index contributed by atoms with van der Waals surface area (Å²) in [7, 11) is 0. The fraction of sp³-hybridized carbons (Fsp3) is 0.429. The van der Waals surface area contributed by atoms with Gasteiger partial charge in [0.05, 0.1) is 6.04 Å². The average molecular weight is 543 g/mol. The van der Waals surface area contributed by atoms with Crippen LogP contribution >= 0.6 is 0 Å². The summed E-state index contributed by atoms with van der Waals surface area (Å²) in [6, 6.07) is 7.61. The SMILES string of the molecule is CC(C)C(N)C(=O)NC(C(=O)NC(Cc1ccc(O)cc1)C(=O)NC(Cc1ccc(O)cc1)C(=O)O)C(C)C. The summed E-state index contributed by atoms with van der Waals surface area (Å²) in [4.78, 5) is 51.1. The van der Waals surface area contributed by atoms with E-state index in [1.807, 2.05) is 0 Å². The Bertz CT molecular complexity index is 1130. The molecule has 39 heavy (non-hydrogen) atoms. The van der Waals surface area contributed by atoms with Crippen LogP contribution in [0.1, 0.15) is 38.8 Å². The third-order valence-electron chi connectivity index (χ3n) is 6.27. The quantitative estimate of drug-likeness (QED) is 0.195. The number of phenols is 2. The molecule has 2 rings (SSSR count). The zero-order valence-electron chi connectivity index (χ0n) is 22.5. The number of carbonyl (C=O) groups is 4. The molecular weight excluding hydrogens is 504 g/mol. The molecule has 3 amide bonds. The molecule has 11 heteroatoms. The third-order valence-corrected chi connectivity index (χ3v) is 6.27. The molecule has 11 nitrogen and oxygen atoms in total. The number of benzene rings is 2. The molecule has 0 bridgehead atoms. The van der Waals surface area contributed by atoms with E-state index in [4.69, 9.17) is 5.73 Å². The summed E-state index contributed by atoms with van der Waals surface area (Å²) in [5.74, 6) is -3.60. The van der Waals surface area contributed by atoms with E-state index in [1.54, 1.807) is 52.0 Å². The number of amides is 3. The second-order valence-corrected chi connectivity index (χ2v) is 10.2. The van der Waals surface area contributed by atoms with Crippen LogP contribution in [0.2, 0.25) is 0 Å². The Balaban J connectivity index is 2.27. The molecule has 0 aliphatic rings. The van der Waals surface area contributed by atoms with E-state index >= 15 is 0 Å². The van der Waals surface area contributed by atoms with Crippen molar-refractivity contribution in [3.05, 3.63) is 59.7 Å². The van der Waals surface area contributed by atoms with Gasteiger partial charge >= 0.3 is 5.97 Å². The highest BCUT2D eigenvalue weighted by Crippen LogP contribution is 2.14. The van der Waals surface area contributed by atoms with Gasteiger partial charge in [-0.15, -0.1) is 0 Å². The van der Waals surface area contributed by atoms with Gasteiger partial charge in [0.15, 0.2) is 0 Å². The molecule has 2 aromatic carbocycles. The van der Waals surface area contributed by atoms with Crippen LogP contribution < -0.4 is 21.7 Å². The lowest BCUT2D eigenvalue weighted by Gasteiger charge is -2.27. The van der Waals surface area contributed by atoms with Gasteiger partial charge in [-0.05, 0) is 47.2 Å². The normalized spacial score (nSPS) is 14.2. The molecule has 4 atom stereocenters. The van der Waals surface area contributed by atoms with Crippen LogP contribution in [-0.4, -0.2) is 63.2 Å². The number of nitrogens with two attached hydrogens (primary N) is 1. The summed E-state index contributed by atoms with van der Waals surface area (Å²) in [6.45, 7) is 7.03. The van der Waals surface area contributed by atoms with Crippen LogP contribution in [0.3, 0.4) is 0 Å². The van der Waals surface area contributed by atoms with Crippen molar-refractivity contribution in [2.75, 3.05) is 0 Å². The van der Waals surface area contributed by atoms with Crippen molar-refractivity contribution in [1.29, 1.82) is 0 Å². The van der Waals surface area contributed by atoms with Crippen molar-refractivity contribution in [3.63, 3.8) is 0 Å². The number of aromatic hydroxyl groups is 2. The number of aliphatic carboxylic acids is 1. The highest BCUT2D eigenvalue weighted by Gasteiger charge is 2.32. The zero-order chi connectivity index (χ0) is 29.3. The van der Waals surface area contributed by atoms with Gasteiger partial charge in [0.1, 0.15) is 29.6 Å². The van der Waals surface area contributed by atoms with E-state index in [1.165, 1.54) is 24.3 Å². The van der Waals surface area contributed by atoms with Crippen LogP contribution in [0.15, 0.2) is 48.5 Å². The monoisotopic (exact) mass is 542 g/mol. The number of hydrogen-bond donors (Lipinski definition) is 7. The second kappa shape index (κ2) is 14.1. The van der Waals surface area contributed by atoms with Crippen LogP contribution in [0.25, 0.3) is 0 Å². The maximum absolute atomic E-state index is 13.3. The van der Waals surface area contributed by atoms with Gasteiger partial charge in [0.25, 0.3) is 0 Å². The topological polar surface area (TPSA) is 191 Å². The largest absolute Gasteiger partial charge is 0.508 e. The minimum atomic E-state index is -1.31. The van der Waals surface area contributed by atoms with E-state index in [0.717, 1.165) is 0 Å². The Morgan fingerprint density at radius 1 is 0.667 bits per heavy atom. The molecule has 0 fully saturated rings. The molecule has 0 spiro atoms. The molecule has 4 unspecified atom stereocenters.